The fraction of sp³-hybridized carbons (Fsp3) is 0.692. The highest BCUT2D eigenvalue weighted by atomic mass is 127. The minimum absolute atomic E-state index is 0.0692. The summed E-state index contributed by atoms with van der Waals surface area (Å²) in [5, 5.41) is 3.15. The normalized spacial score (nSPS) is 23.3. The van der Waals surface area contributed by atoms with Crippen molar-refractivity contribution < 1.29 is 4.74 Å². The standard InChI is InChI=1S/C13H20IN3O/c1-4-5-9-11(14)13(15-3)17-12(16-9)10-7-6-8(2)18-10/h8,10H,4-7H2,1-3H3,(H,15,16,17). The second-order valence-electron chi connectivity index (χ2n) is 4.70. The van der Waals surface area contributed by atoms with Crippen LogP contribution in [0.3, 0.4) is 0 Å². The minimum atomic E-state index is 0.0692. The van der Waals surface area contributed by atoms with Crippen LogP contribution in [-0.4, -0.2) is 23.1 Å². The van der Waals surface area contributed by atoms with Crippen molar-refractivity contribution in [3.8, 4) is 0 Å². The molecular weight excluding hydrogens is 341 g/mol. The van der Waals surface area contributed by atoms with Crippen molar-refractivity contribution in [2.24, 2.45) is 0 Å². The van der Waals surface area contributed by atoms with E-state index in [0.717, 1.165) is 46.6 Å². The van der Waals surface area contributed by atoms with Gasteiger partial charge in [0.15, 0.2) is 5.82 Å². The van der Waals surface area contributed by atoms with Gasteiger partial charge in [-0.1, -0.05) is 13.3 Å². The van der Waals surface area contributed by atoms with Gasteiger partial charge in [0.1, 0.15) is 11.9 Å². The van der Waals surface area contributed by atoms with Crippen molar-refractivity contribution in [1.82, 2.24) is 9.97 Å². The van der Waals surface area contributed by atoms with Crippen LogP contribution in [0.2, 0.25) is 0 Å². The number of anilines is 1. The molecule has 2 unspecified atom stereocenters. The van der Waals surface area contributed by atoms with E-state index in [0.29, 0.717) is 6.10 Å². The molecule has 0 aromatic carbocycles. The molecular formula is C13H20IN3O. The highest BCUT2D eigenvalue weighted by Gasteiger charge is 2.27. The van der Waals surface area contributed by atoms with E-state index in [-0.39, 0.29) is 6.10 Å². The van der Waals surface area contributed by atoms with Crippen molar-refractivity contribution >= 4 is 28.4 Å². The summed E-state index contributed by atoms with van der Waals surface area (Å²) in [5.41, 5.74) is 1.13. The molecule has 1 saturated heterocycles. The molecule has 2 rings (SSSR count). The summed E-state index contributed by atoms with van der Waals surface area (Å²) in [6.07, 6.45) is 4.60. The summed E-state index contributed by atoms with van der Waals surface area (Å²) in [5.74, 6) is 1.76. The lowest BCUT2D eigenvalue weighted by atomic mass is 10.2. The molecule has 4 nitrogen and oxygen atoms in total. The van der Waals surface area contributed by atoms with Gasteiger partial charge in [0.2, 0.25) is 0 Å². The first-order chi connectivity index (χ1) is 8.65. The average molecular weight is 361 g/mol. The molecule has 18 heavy (non-hydrogen) atoms. The van der Waals surface area contributed by atoms with Crippen LogP contribution in [0.4, 0.5) is 5.82 Å². The van der Waals surface area contributed by atoms with Crippen molar-refractivity contribution in [3.63, 3.8) is 0 Å². The van der Waals surface area contributed by atoms with Crippen LogP contribution < -0.4 is 5.32 Å². The van der Waals surface area contributed by atoms with Gasteiger partial charge in [-0.05, 0) is 48.8 Å². The molecule has 5 heteroatoms. The molecule has 0 amide bonds. The summed E-state index contributed by atoms with van der Waals surface area (Å²) < 4.78 is 7.00. The van der Waals surface area contributed by atoms with Gasteiger partial charge in [-0.3, -0.25) is 0 Å². The van der Waals surface area contributed by atoms with Gasteiger partial charge in [0.25, 0.3) is 0 Å². The Bertz CT molecular complexity index is 425. The fourth-order valence-electron chi connectivity index (χ4n) is 2.22. The van der Waals surface area contributed by atoms with Crippen molar-refractivity contribution in [2.75, 3.05) is 12.4 Å². The molecule has 1 aromatic rings. The third-order valence-electron chi connectivity index (χ3n) is 3.18. The summed E-state index contributed by atoms with van der Waals surface area (Å²) >= 11 is 2.32. The van der Waals surface area contributed by atoms with Crippen LogP contribution in [0.5, 0.6) is 0 Å². The zero-order valence-electron chi connectivity index (χ0n) is 11.2. The number of nitrogens with one attached hydrogen (secondary N) is 1. The van der Waals surface area contributed by atoms with E-state index in [4.69, 9.17) is 9.72 Å². The second-order valence-corrected chi connectivity index (χ2v) is 5.78. The second kappa shape index (κ2) is 6.14. The molecule has 2 heterocycles. The number of aromatic nitrogens is 2. The number of aryl methyl sites for hydroxylation is 1. The van der Waals surface area contributed by atoms with Gasteiger partial charge in [0.05, 0.1) is 15.4 Å². The topological polar surface area (TPSA) is 47.0 Å². The lowest BCUT2D eigenvalue weighted by Crippen LogP contribution is -2.11. The van der Waals surface area contributed by atoms with Crippen molar-refractivity contribution in [1.29, 1.82) is 0 Å². The SMILES string of the molecule is CCCc1nc(C2CCC(C)O2)nc(NC)c1I. The van der Waals surface area contributed by atoms with E-state index in [1.165, 1.54) is 0 Å². The predicted molar refractivity (Wildman–Crippen MR) is 80.8 cm³/mol. The monoisotopic (exact) mass is 361 g/mol. The Labute approximate surface area is 122 Å². The molecule has 1 aromatic heterocycles. The number of hydrogen-bond acceptors (Lipinski definition) is 4. The smallest absolute Gasteiger partial charge is 0.159 e. The molecule has 0 radical (unpaired) electrons. The molecule has 0 saturated carbocycles. The summed E-state index contributed by atoms with van der Waals surface area (Å²) in [4.78, 5) is 9.30. The van der Waals surface area contributed by atoms with E-state index >= 15 is 0 Å². The quantitative estimate of drug-likeness (QED) is 0.836. The van der Waals surface area contributed by atoms with Gasteiger partial charge in [-0.25, -0.2) is 9.97 Å². The van der Waals surface area contributed by atoms with Crippen LogP contribution in [0.1, 0.15) is 50.7 Å². The molecule has 1 N–H and O–H groups in total. The number of nitrogens with zero attached hydrogens (tertiary/aromatic N) is 2. The molecule has 1 fully saturated rings. The van der Waals surface area contributed by atoms with E-state index < -0.39 is 0 Å². The van der Waals surface area contributed by atoms with E-state index in [2.05, 4.69) is 46.7 Å². The van der Waals surface area contributed by atoms with Crippen molar-refractivity contribution in [3.05, 3.63) is 15.1 Å². The van der Waals surface area contributed by atoms with Crippen LogP contribution in [0, 0.1) is 3.57 Å². The maximum atomic E-state index is 5.86. The Morgan fingerprint density at radius 3 is 2.72 bits per heavy atom. The zero-order chi connectivity index (χ0) is 13.1. The Kier molecular flexibility index (Phi) is 4.77. The van der Waals surface area contributed by atoms with Gasteiger partial charge in [-0.2, -0.15) is 0 Å². The molecule has 100 valence electrons. The first kappa shape index (κ1) is 14.0. The van der Waals surface area contributed by atoms with Gasteiger partial charge >= 0.3 is 0 Å². The molecule has 0 aliphatic carbocycles. The average Bonchev–Trinajstić information content (AvgIpc) is 2.79. The maximum Gasteiger partial charge on any atom is 0.159 e. The van der Waals surface area contributed by atoms with E-state index in [1.54, 1.807) is 0 Å². The zero-order valence-corrected chi connectivity index (χ0v) is 13.3. The van der Waals surface area contributed by atoms with Crippen LogP contribution in [0.15, 0.2) is 0 Å². The van der Waals surface area contributed by atoms with Crippen LogP contribution in [-0.2, 0) is 11.2 Å². The lowest BCUT2D eigenvalue weighted by molar-refractivity contribution is 0.0502. The highest BCUT2D eigenvalue weighted by Crippen LogP contribution is 2.32. The molecule has 0 spiro atoms. The Morgan fingerprint density at radius 1 is 1.39 bits per heavy atom. The Morgan fingerprint density at radius 2 is 2.17 bits per heavy atom. The molecule has 2 atom stereocenters. The maximum absolute atomic E-state index is 5.86. The third-order valence-corrected chi connectivity index (χ3v) is 4.31. The van der Waals surface area contributed by atoms with Gasteiger partial charge < -0.3 is 10.1 Å². The Hall–Kier alpha value is -0.430. The van der Waals surface area contributed by atoms with Gasteiger partial charge in [0, 0.05) is 7.05 Å². The van der Waals surface area contributed by atoms with E-state index in [1.807, 2.05) is 7.05 Å². The molecule has 1 aliphatic heterocycles. The Balaban J connectivity index is 2.32. The number of rotatable bonds is 4. The number of halogens is 1. The minimum Gasteiger partial charge on any atom is -0.372 e. The summed E-state index contributed by atoms with van der Waals surface area (Å²) in [6, 6.07) is 0. The predicted octanol–water partition coefficient (Wildman–Crippen LogP) is 3.32. The summed E-state index contributed by atoms with van der Waals surface area (Å²) in [7, 11) is 1.90. The fourth-order valence-corrected chi connectivity index (χ4v) is 3.00. The first-order valence-corrected chi connectivity index (χ1v) is 7.63. The first-order valence-electron chi connectivity index (χ1n) is 6.55. The number of hydrogen-bond donors (Lipinski definition) is 1. The molecule has 0 bridgehead atoms. The van der Waals surface area contributed by atoms with Crippen LogP contribution in [0.25, 0.3) is 0 Å². The van der Waals surface area contributed by atoms with Crippen molar-refractivity contribution in [2.45, 2.75) is 51.7 Å². The highest BCUT2D eigenvalue weighted by molar-refractivity contribution is 14.1. The lowest BCUT2D eigenvalue weighted by Gasteiger charge is -2.14. The summed E-state index contributed by atoms with van der Waals surface area (Å²) in [6.45, 7) is 4.28. The van der Waals surface area contributed by atoms with Gasteiger partial charge in [-0.15, -0.1) is 0 Å². The molecule has 1 aliphatic rings. The van der Waals surface area contributed by atoms with Crippen LogP contribution >= 0.6 is 22.6 Å². The largest absolute Gasteiger partial charge is 0.372 e. The van der Waals surface area contributed by atoms with E-state index in [9.17, 15) is 0 Å². The number of ether oxygens (including phenoxy) is 1. The third kappa shape index (κ3) is 2.93.